The van der Waals surface area contributed by atoms with Gasteiger partial charge in [-0.25, -0.2) is 0 Å². The standard InChI is InChI=1S/C24H27N3O5/c1-32-16-5-2-4-14(10-16)11-25-23(30)21-17(13-28)19-12-26-18(6-3-7-20(26)29)22(21)27(19)24(31)15-8-9-15/h2-7,10,15,17,19,21-22,28H,8-9,11-13H2,1H3,(H,25,30)/t17-,19-,21+,22+/m1/s1. The van der Waals surface area contributed by atoms with Gasteiger partial charge in [-0.05, 0) is 36.6 Å². The van der Waals surface area contributed by atoms with Crippen LogP contribution in [0, 0.1) is 17.8 Å². The number of rotatable bonds is 6. The van der Waals surface area contributed by atoms with Crippen molar-refractivity contribution in [2.75, 3.05) is 13.7 Å². The zero-order valence-corrected chi connectivity index (χ0v) is 17.9. The molecule has 0 unspecified atom stereocenters. The fraction of sp³-hybridized carbons (Fsp3) is 0.458. The van der Waals surface area contributed by atoms with E-state index in [9.17, 15) is 19.5 Å². The molecular formula is C24H27N3O5. The van der Waals surface area contributed by atoms with Gasteiger partial charge in [0.05, 0.1) is 25.1 Å². The smallest absolute Gasteiger partial charge is 0.250 e. The number of hydrogen-bond donors (Lipinski definition) is 2. The first-order valence-corrected chi connectivity index (χ1v) is 11.1. The minimum Gasteiger partial charge on any atom is -0.497 e. The molecular weight excluding hydrogens is 410 g/mol. The molecule has 2 aliphatic heterocycles. The number of carbonyl (C=O) groups excluding carboxylic acids is 2. The Balaban J connectivity index is 1.48. The second-order valence-electron chi connectivity index (χ2n) is 8.87. The van der Waals surface area contributed by atoms with Crippen LogP contribution in [0.4, 0.5) is 0 Å². The van der Waals surface area contributed by atoms with Crippen LogP contribution in [0.15, 0.2) is 47.3 Å². The molecule has 3 heterocycles. The third-order valence-corrected chi connectivity index (χ3v) is 7.00. The summed E-state index contributed by atoms with van der Waals surface area (Å²) in [5.41, 5.74) is 1.41. The average molecular weight is 437 g/mol. The first-order chi connectivity index (χ1) is 15.5. The highest BCUT2D eigenvalue weighted by molar-refractivity contribution is 5.86. The molecule has 3 aliphatic rings. The van der Waals surface area contributed by atoms with E-state index in [2.05, 4.69) is 5.32 Å². The van der Waals surface area contributed by atoms with Crippen LogP contribution < -0.4 is 15.6 Å². The zero-order valence-electron chi connectivity index (χ0n) is 17.9. The molecule has 1 saturated carbocycles. The molecule has 2 bridgehead atoms. The molecule has 1 aromatic carbocycles. The molecule has 2 aromatic rings. The third-order valence-electron chi connectivity index (χ3n) is 7.00. The maximum Gasteiger partial charge on any atom is 0.250 e. The van der Waals surface area contributed by atoms with Gasteiger partial charge in [-0.2, -0.15) is 0 Å². The van der Waals surface area contributed by atoms with Gasteiger partial charge < -0.3 is 24.6 Å². The normalized spacial score (nSPS) is 25.9. The van der Waals surface area contributed by atoms with Crippen molar-refractivity contribution >= 4 is 11.8 Å². The van der Waals surface area contributed by atoms with Crippen LogP contribution in [-0.2, 0) is 22.7 Å². The predicted molar refractivity (Wildman–Crippen MR) is 116 cm³/mol. The summed E-state index contributed by atoms with van der Waals surface area (Å²) >= 11 is 0. The number of aliphatic hydroxyl groups is 1. The Morgan fingerprint density at radius 1 is 1.19 bits per heavy atom. The summed E-state index contributed by atoms with van der Waals surface area (Å²) in [6.45, 7) is 0.380. The Morgan fingerprint density at radius 3 is 2.69 bits per heavy atom. The van der Waals surface area contributed by atoms with Gasteiger partial charge in [0.15, 0.2) is 0 Å². The monoisotopic (exact) mass is 437 g/mol. The number of benzene rings is 1. The summed E-state index contributed by atoms with van der Waals surface area (Å²) in [7, 11) is 1.59. The number of carbonyl (C=O) groups is 2. The van der Waals surface area contributed by atoms with Gasteiger partial charge in [0.25, 0.3) is 5.56 Å². The maximum atomic E-state index is 13.5. The van der Waals surface area contributed by atoms with Gasteiger partial charge in [0.2, 0.25) is 11.8 Å². The van der Waals surface area contributed by atoms with Crippen molar-refractivity contribution in [3.8, 4) is 5.75 Å². The Hall–Kier alpha value is -3.13. The minimum atomic E-state index is -0.631. The lowest BCUT2D eigenvalue weighted by molar-refractivity contribution is -0.138. The van der Waals surface area contributed by atoms with E-state index >= 15 is 0 Å². The van der Waals surface area contributed by atoms with Crippen molar-refractivity contribution in [3.63, 3.8) is 0 Å². The number of aliphatic hydroxyl groups excluding tert-OH is 1. The molecule has 4 atom stereocenters. The summed E-state index contributed by atoms with van der Waals surface area (Å²) in [6, 6.07) is 11.5. The van der Waals surface area contributed by atoms with Crippen molar-refractivity contribution < 1.29 is 19.4 Å². The van der Waals surface area contributed by atoms with Crippen LogP contribution in [0.3, 0.4) is 0 Å². The topological polar surface area (TPSA) is 101 Å². The van der Waals surface area contributed by atoms with Gasteiger partial charge in [0.1, 0.15) is 5.75 Å². The number of ether oxygens (including phenoxy) is 1. The molecule has 5 rings (SSSR count). The number of pyridine rings is 1. The van der Waals surface area contributed by atoms with Crippen LogP contribution in [-0.4, -0.2) is 46.1 Å². The van der Waals surface area contributed by atoms with E-state index in [0.29, 0.717) is 24.5 Å². The lowest BCUT2D eigenvalue weighted by Crippen LogP contribution is -2.49. The minimum absolute atomic E-state index is 0.0140. The molecule has 2 amide bonds. The highest BCUT2D eigenvalue weighted by Crippen LogP contribution is 2.50. The zero-order chi connectivity index (χ0) is 22.4. The first-order valence-electron chi connectivity index (χ1n) is 11.1. The van der Waals surface area contributed by atoms with E-state index in [4.69, 9.17) is 4.74 Å². The Bertz CT molecular complexity index is 1110. The van der Waals surface area contributed by atoms with Gasteiger partial charge in [-0.3, -0.25) is 14.4 Å². The molecule has 1 saturated heterocycles. The van der Waals surface area contributed by atoms with Crippen molar-refractivity contribution in [1.82, 2.24) is 14.8 Å². The van der Waals surface area contributed by atoms with Crippen molar-refractivity contribution in [1.29, 1.82) is 0 Å². The van der Waals surface area contributed by atoms with E-state index in [1.54, 1.807) is 22.6 Å². The second-order valence-corrected chi connectivity index (χ2v) is 8.87. The lowest BCUT2D eigenvalue weighted by Gasteiger charge is -2.38. The van der Waals surface area contributed by atoms with Gasteiger partial charge >= 0.3 is 0 Å². The number of aromatic nitrogens is 1. The first kappa shape index (κ1) is 20.8. The van der Waals surface area contributed by atoms with Gasteiger partial charge in [0, 0.05) is 43.3 Å². The van der Waals surface area contributed by atoms with E-state index in [0.717, 1.165) is 18.4 Å². The van der Waals surface area contributed by atoms with Crippen LogP contribution in [0.5, 0.6) is 5.75 Å². The quantitative estimate of drug-likeness (QED) is 0.704. The van der Waals surface area contributed by atoms with E-state index in [-0.39, 0.29) is 35.9 Å². The van der Waals surface area contributed by atoms with Crippen molar-refractivity contribution in [3.05, 3.63) is 64.1 Å². The van der Waals surface area contributed by atoms with Gasteiger partial charge in [-0.15, -0.1) is 0 Å². The molecule has 1 aromatic heterocycles. The highest BCUT2D eigenvalue weighted by Gasteiger charge is 2.58. The number of fused-ring (bicyclic) bond motifs is 4. The van der Waals surface area contributed by atoms with Crippen LogP contribution in [0.25, 0.3) is 0 Å². The molecule has 8 nitrogen and oxygen atoms in total. The number of nitrogens with one attached hydrogen (secondary N) is 1. The van der Waals surface area contributed by atoms with Crippen LogP contribution in [0.2, 0.25) is 0 Å². The van der Waals surface area contributed by atoms with Gasteiger partial charge in [-0.1, -0.05) is 18.2 Å². The Labute approximate surface area is 185 Å². The summed E-state index contributed by atoms with van der Waals surface area (Å²) in [5, 5.41) is 13.3. The highest BCUT2D eigenvalue weighted by atomic mass is 16.5. The molecule has 0 radical (unpaired) electrons. The fourth-order valence-corrected chi connectivity index (χ4v) is 5.29. The number of nitrogens with zero attached hydrogens (tertiary/aromatic N) is 2. The van der Waals surface area contributed by atoms with Crippen LogP contribution >= 0.6 is 0 Å². The summed E-state index contributed by atoms with van der Waals surface area (Å²) in [6.07, 6.45) is 1.71. The molecule has 8 heteroatoms. The maximum absolute atomic E-state index is 13.5. The summed E-state index contributed by atoms with van der Waals surface area (Å²) < 4.78 is 6.91. The van der Waals surface area contributed by atoms with Crippen molar-refractivity contribution in [2.45, 2.75) is 38.0 Å². The van der Waals surface area contributed by atoms with E-state index in [1.165, 1.54) is 6.07 Å². The number of hydrogen-bond acceptors (Lipinski definition) is 5. The molecule has 2 fully saturated rings. The Morgan fingerprint density at radius 2 is 1.97 bits per heavy atom. The molecule has 32 heavy (non-hydrogen) atoms. The predicted octanol–water partition coefficient (Wildman–Crippen LogP) is 1.07. The second kappa shape index (κ2) is 8.09. The van der Waals surface area contributed by atoms with E-state index < -0.39 is 17.9 Å². The molecule has 1 aliphatic carbocycles. The van der Waals surface area contributed by atoms with Crippen LogP contribution in [0.1, 0.15) is 30.1 Å². The summed E-state index contributed by atoms with van der Waals surface area (Å²) in [5.74, 6) is -0.570. The number of amides is 2. The third kappa shape index (κ3) is 3.39. The Kier molecular flexibility index (Phi) is 5.25. The fourth-order valence-electron chi connectivity index (χ4n) is 5.29. The molecule has 2 N–H and O–H groups in total. The summed E-state index contributed by atoms with van der Waals surface area (Å²) in [4.78, 5) is 41.0. The molecule has 168 valence electrons. The van der Waals surface area contributed by atoms with E-state index in [1.807, 2.05) is 30.3 Å². The van der Waals surface area contributed by atoms with Crippen molar-refractivity contribution in [2.24, 2.45) is 17.8 Å². The largest absolute Gasteiger partial charge is 0.497 e. The SMILES string of the molecule is COc1cccc(CNC(=O)[C@H]2[C@H](CO)[C@H]3Cn4c(cccc4=O)[C@@H]2N3C(=O)C2CC2)c1. The lowest BCUT2D eigenvalue weighted by atomic mass is 9.86. The number of methoxy groups -OCH3 is 1. The molecule has 0 spiro atoms. The average Bonchev–Trinajstić information content (AvgIpc) is 3.62.